The Labute approximate surface area is 200 Å². The average molecular weight is 462 g/mol. The lowest BCUT2D eigenvalue weighted by atomic mass is 9.92. The number of rotatable bonds is 6. The minimum atomic E-state index is -0.142. The maximum absolute atomic E-state index is 12.8. The van der Waals surface area contributed by atoms with Crippen LogP contribution in [0.2, 0.25) is 0 Å². The van der Waals surface area contributed by atoms with Crippen LogP contribution in [0, 0.1) is 18.3 Å². The molecule has 178 valence electrons. The summed E-state index contributed by atoms with van der Waals surface area (Å²) in [4.78, 5) is 28.9. The number of carbonyl (C=O) groups is 2. The molecule has 0 unspecified atom stereocenters. The van der Waals surface area contributed by atoms with Crippen LogP contribution in [0.1, 0.15) is 33.4 Å². The quantitative estimate of drug-likeness (QED) is 0.615. The van der Waals surface area contributed by atoms with Crippen molar-refractivity contribution in [2.45, 2.75) is 32.6 Å². The molecule has 0 bridgehead atoms. The minimum absolute atomic E-state index is 0.102. The lowest BCUT2D eigenvalue weighted by Gasteiger charge is -2.35. The van der Waals surface area contributed by atoms with Crippen molar-refractivity contribution in [2.24, 2.45) is 0 Å². The van der Waals surface area contributed by atoms with E-state index in [2.05, 4.69) is 30.0 Å². The standard InChI is InChI=1S/C27H31N3O4/c1-19-21(5-6-22-17-27(32)34-14-8-24(19)22)7-9-29-10-12-30(13-11-29)26(31)16-20-3-4-23(18-28)25(15-20)33-2/h3-6,15H,7-14,16-17H2,1-2H3. The van der Waals surface area contributed by atoms with E-state index < -0.39 is 0 Å². The summed E-state index contributed by atoms with van der Waals surface area (Å²) in [5.74, 6) is 0.464. The fourth-order valence-electron chi connectivity index (χ4n) is 4.84. The van der Waals surface area contributed by atoms with Gasteiger partial charge in [-0.15, -0.1) is 0 Å². The molecular weight excluding hydrogens is 430 g/mol. The third kappa shape index (κ3) is 5.40. The van der Waals surface area contributed by atoms with Crippen LogP contribution in [0.5, 0.6) is 5.75 Å². The lowest BCUT2D eigenvalue weighted by molar-refractivity contribution is -0.142. The highest BCUT2D eigenvalue weighted by Gasteiger charge is 2.22. The Bertz CT molecular complexity index is 1110. The molecule has 2 aliphatic heterocycles. The topological polar surface area (TPSA) is 82.9 Å². The molecule has 2 aromatic rings. The number of nitrogens with zero attached hydrogens (tertiary/aromatic N) is 3. The summed E-state index contributed by atoms with van der Waals surface area (Å²) in [6.45, 7) is 6.71. The molecule has 7 heteroatoms. The Hall–Kier alpha value is -3.37. The highest BCUT2D eigenvalue weighted by molar-refractivity contribution is 5.79. The van der Waals surface area contributed by atoms with Gasteiger partial charge in [0.05, 0.1) is 32.1 Å². The number of fused-ring (bicyclic) bond motifs is 1. The smallest absolute Gasteiger partial charge is 0.310 e. The number of ether oxygens (including phenoxy) is 2. The van der Waals surface area contributed by atoms with E-state index in [1.165, 1.54) is 23.8 Å². The van der Waals surface area contributed by atoms with Crippen molar-refractivity contribution in [1.29, 1.82) is 5.26 Å². The molecule has 0 aliphatic carbocycles. The molecule has 0 radical (unpaired) electrons. The Morgan fingerprint density at radius 1 is 1.18 bits per heavy atom. The van der Waals surface area contributed by atoms with Crippen LogP contribution >= 0.6 is 0 Å². The molecule has 0 spiro atoms. The number of esters is 1. The predicted molar refractivity (Wildman–Crippen MR) is 128 cm³/mol. The molecule has 1 amide bonds. The normalized spacial score (nSPS) is 16.3. The van der Waals surface area contributed by atoms with Gasteiger partial charge in [-0.05, 0) is 53.3 Å². The Morgan fingerprint density at radius 3 is 2.71 bits per heavy atom. The van der Waals surface area contributed by atoms with Gasteiger partial charge in [0.2, 0.25) is 5.91 Å². The molecule has 0 aromatic heterocycles. The molecule has 34 heavy (non-hydrogen) atoms. The zero-order valence-corrected chi connectivity index (χ0v) is 19.9. The van der Waals surface area contributed by atoms with E-state index in [0.717, 1.165) is 56.7 Å². The maximum Gasteiger partial charge on any atom is 0.310 e. The average Bonchev–Trinajstić information content (AvgIpc) is 3.05. The van der Waals surface area contributed by atoms with Gasteiger partial charge in [-0.3, -0.25) is 14.5 Å². The lowest BCUT2D eigenvalue weighted by Crippen LogP contribution is -2.49. The van der Waals surface area contributed by atoms with Gasteiger partial charge in [0.25, 0.3) is 0 Å². The summed E-state index contributed by atoms with van der Waals surface area (Å²) in [6, 6.07) is 11.6. The number of hydrogen-bond donors (Lipinski definition) is 0. The summed E-state index contributed by atoms with van der Waals surface area (Å²) in [5, 5.41) is 9.13. The zero-order chi connectivity index (χ0) is 24.1. The molecule has 1 saturated heterocycles. The highest BCUT2D eigenvalue weighted by atomic mass is 16.5. The molecule has 0 N–H and O–H groups in total. The molecule has 2 aliphatic rings. The van der Waals surface area contributed by atoms with Crippen molar-refractivity contribution in [1.82, 2.24) is 9.80 Å². The number of amides is 1. The van der Waals surface area contributed by atoms with Crippen LogP contribution in [-0.4, -0.2) is 68.1 Å². The molecule has 1 fully saturated rings. The number of carbonyl (C=O) groups excluding carboxylic acids is 2. The van der Waals surface area contributed by atoms with Crippen LogP contribution in [0.3, 0.4) is 0 Å². The van der Waals surface area contributed by atoms with Gasteiger partial charge in [-0.25, -0.2) is 0 Å². The van der Waals surface area contributed by atoms with Crippen molar-refractivity contribution >= 4 is 11.9 Å². The molecule has 0 saturated carbocycles. The minimum Gasteiger partial charge on any atom is -0.495 e. The van der Waals surface area contributed by atoms with Crippen molar-refractivity contribution in [3.63, 3.8) is 0 Å². The third-order valence-electron chi connectivity index (χ3n) is 6.92. The van der Waals surface area contributed by atoms with Gasteiger partial charge in [0.15, 0.2) is 0 Å². The van der Waals surface area contributed by atoms with Crippen molar-refractivity contribution in [3.8, 4) is 11.8 Å². The van der Waals surface area contributed by atoms with Crippen molar-refractivity contribution in [3.05, 3.63) is 63.7 Å². The fraction of sp³-hybridized carbons (Fsp3) is 0.444. The highest BCUT2D eigenvalue weighted by Crippen LogP contribution is 2.24. The molecule has 2 heterocycles. The molecule has 2 aromatic carbocycles. The molecular formula is C27H31N3O4. The van der Waals surface area contributed by atoms with Gasteiger partial charge >= 0.3 is 5.97 Å². The van der Waals surface area contributed by atoms with Gasteiger partial charge < -0.3 is 14.4 Å². The van der Waals surface area contributed by atoms with Crippen LogP contribution < -0.4 is 4.74 Å². The largest absolute Gasteiger partial charge is 0.495 e. The first-order chi connectivity index (χ1) is 16.5. The van der Waals surface area contributed by atoms with E-state index >= 15 is 0 Å². The summed E-state index contributed by atoms with van der Waals surface area (Å²) in [7, 11) is 1.53. The Kier molecular flexibility index (Phi) is 7.49. The van der Waals surface area contributed by atoms with Crippen molar-refractivity contribution < 1.29 is 19.1 Å². The van der Waals surface area contributed by atoms with Crippen LogP contribution in [0.4, 0.5) is 0 Å². The second-order valence-corrected chi connectivity index (χ2v) is 8.93. The van der Waals surface area contributed by atoms with Gasteiger partial charge in [0.1, 0.15) is 11.8 Å². The first-order valence-electron chi connectivity index (χ1n) is 11.8. The third-order valence-corrected chi connectivity index (χ3v) is 6.92. The maximum atomic E-state index is 12.8. The van der Waals surface area contributed by atoms with Gasteiger partial charge in [-0.2, -0.15) is 5.26 Å². The predicted octanol–water partition coefficient (Wildman–Crippen LogP) is 2.45. The van der Waals surface area contributed by atoms with E-state index in [1.54, 1.807) is 12.1 Å². The monoisotopic (exact) mass is 461 g/mol. The summed E-state index contributed by atoms with van der Waals surface area (Å²) < 4.78 is 10.5. The number of cyclic esters (lactones) is 1. The van der Waals surface area contributed by atoms with Gasteiger partial charge in [0, 0.05) is 39.1 Å². The van der Waals surface area contributed by atoms with E-state index in [-0.39, 0.29) is 11.9 Å². The SMILES string of the molecule is COc1cc(CC(=O)N2CCN(CCc3ccc4c(c3C)CCOC(=O)C4)CC2)ccc1C#N. The van der Waals surface area contributed by atoms with E-state index in [4.69, 9.17) is 14.7 Å². The number of nitriles is 1. The molecule has 7 nitrogen and oxygen atoms in total. The van der Waals surface area contributed by atoms with Crippen LogP contribution in [0.25, 0.3) is 0 Å². The second-order valence-electron chi connectivity index (χ2n) is 8.93. The zero-order valence-electron chi connectivity index (χ0n) is 19.9. The van der Waals surface area contributed by atoms with Crippen LogP contribution in [-0.2, 0) is 40.0 Å². The molecule has 4 rings (SSSR count). The number of benzene rings is 2. The molecule has 0 atom stereocenters. The van der Waals surface area contributed by atoms with E-state index in [9.17, 15) is 9.59 Å². The number of piperazine rings is 1. The fourth-order valence-corrected chi connectivity index (χ4v) is 4.84. The summed E-state index contributed by atoms with van der Waals surface area (Å²) >= 11 is 0. The van der Waals surface area contributed by atoms with Crippen LogP contribution in [0.15, 0.2) is 30.3 Å². The Morgan fingerprint density at radius 2 is 1.97 bits per heavy atom. The summed E-state index contributed by atoms with van der Waals surface area (Å²) in [6.07, 6.45) is 2.41. The van der Waals surface area contributed by atoms with Gasteiger partial charge in [-0.1, -0.05) is 18.2 Å². The van der Waals surface area contributed by atoms with Crippen molar-refractivity contribution in [2.75, 3.05) is 46.4 Å². The summed E-state index contributed by atoms with van der Waals surface area (Å²) in [5.41, 5.74) is 6.28. The number of hydrogen-bond acceptors (Lipinski definition) is 6. The number of methoxy groups -OCH3 is 1. The van der Waals surface area contributed by atoms with E-state index in [0.29, 0.717) is 30.8 Å². The first-order valence-corrected chi connectivity index (χ1v) is 11.8. The first kappa shape index (κ1) is 23.8. The Balaban J connectivity index is 1.28. The van der Waals surface area contributed by atoms with E-state index in [1.807, 2.05) is 11.0 Å². The second kappa shape index (κ2) is 10.7.